The van der Waals surface area contributed by atoms with Gasteiger partial charge in [-0.25, -0.2) is 0 Å². The van der Waals surface area contributed by atoms with Crippen molar-refractivity contribution in [2.24, 2.45) is 0 Å². The summed E-state index contributed by atoms with van der Waals surface area (Å²) in [5.41, 5.74) is 1.14. The average Bonchev–Trinajstić information content (AvgIpc) is 2.81. The number of furan rings is 1. The number of hydrogen-bond donors (Lipinski definition) is 1. The lowest BCUT2D eigenvalue weighted by molar-refractivity contribution is 0.447. The van der Waals surface area contributed by atoms with E-state index in [9.17, 15) is 4.21 Å². The summed E-state index contributed by atoms with van der Waals surface area (Å²) in [6.07, 6.45) is 1.72. The molecule has 0 aliphatic rings. The zero-order valence-corrected chi connectivity index (χ0v) is 13.0. The van der Waals surface area contributed by atoms with Gasteiger partial charge in [0.2, 0.25) is 0 Å². The summed E-state index contributed by atoms with van der Waals surface area (Å²) >= 11 is 3.28. The molecule has 19 heavy (non-hydrogen) atoms. The number of hydrogen-bond acceptors (Lipinski definition) is 3. The Balaban J connectivity index is 2.04. The van der Waals surface area contributed by atoms with Crippen LogP contribution in [0.2, 0.25) is 0 Å². The lowest BCUT2D eigenvalue weighted by Crippen LogP contribution is -2.25. The van der Waals surface area contributed by atoms with Gasteiger partial charge in [0, 0.05) is 28.9 Å². The smallest absolute Gasteiger partial charge is 0.169 e. The van der Waals surface area contributed by atoms with Crippen molar-refractivity contribution in [3.8, 4) is 0 Å². The van der Waals surface area contributed by atoms with Crippen LogP contribution in [0.5, 0.6) is 0 Å². The highest BCUT2D eigenvalue weighted by atomic mass is 79.9. The number of nitrogens with one attached hydrogen (secondary N) is 1. The van der Waals surface area contributed by atoms with E-state index in [0.29, 0.717) is 12.3 Å². The summed E-state index contributed by atoms with van der Waals surface area (Å²) in [6.45, 7) is 0.613. The average molecular weight is 342 g/mol. The van der Waals surface area contributed by atoms with E-state index in [2.05, 4.69) is 21.2 Å². The second kappa shape index (κ2) is 7.03. The van der Waals surface area contributed by atoms with Crippen molar-refractivity contribution in [1.82, 2.24) is 5.32 Å². The Hall–Kier alpha value is -0.910. The van der Waals surface area contributed by atoms with Gasteiger partial charge in [-0.3, -0.25) is 4.21 Å². The molecule has 102 valence electrons. The van der Waals surface area contributed by atoms with Gasteiger partial charge in [0.25, 0.3) is 0 Å². The predicted octanol–water partition coefficient (Wildman–Crippen LogP) is 3.25. The van der Waals surface area contributed by atoms with Crippen LogP contribution in [-0.2, 0) is 17.3 Å². The molecule has 1 N–H and O–H groups in total. The maximum absolute atomic E-state index is 11.5. The second-order valence-electron chi connectivity index (χ2n) is 4.29. The van der Waals surface area contributed by atoms with Gasteiger partial charge >= 0.3 is 0 Å². The van der Waals surface area contributed by atoms with Crippen molar-refractivity contribution in [3.63, 3.8) is 0 Å². The van der Waals surface area contributed by atoms with E-state index in [-0.39, 0.29) is 6.04 Å². The predicted molar refractivity (Wildman–Crippen MR) is 81.4 cm³/mol. The number of benzene rings is 1. The summed E-state index contributed by atoms with van der Waals surface area (Å²) in [5, 5.41) is 3.39. The Morgan fingerprint density at radius 2 is 2.00 bits per heavy atom. The molecule has 1 heterocycles. The first-order valence-electron chi connectivity index (χ1n) is 5.97. The van der Waals surface area contributed by atoms with Crippen LogP contribution in [0.25, 0.3) is 0 Å². The van der Waals surface area contributed by atoms with Gasteiger partial charge < -0.3 is 9.73 Å². The highest BCUT2D eigenvalue weighted by Crippen LogP contribution is 2.17. The molecule has 0 bridgehead atoms. The third-order valence-electron chi connectivity index (χ3n) is 2.75. The SMILES string of the molecule is C[S@](=O)C[C@H](NCc1ccc(Br)o1)c1ccccc1. The Morgan fingerprint density at radius 1 is 1.26 bits per heavy atom. The van der Waals surface area contributed by atoms with Crippen molar-refractivity contribution in [3.05, 3.63) is 58.5 Å². The van der Waals surface area contributed by atoms with Gasteiger partial charge in [-0.05, 0) is 33.6 Å². The minimum Gasteiger partial charge on any atom is -0.453 e. The maximum atomic E-state index is 11.5. The van der Waals surface area contributed by atoms with Gasteiger partial charge in [-0.1, -0.05) is 30.3 Å². The molecule has 0 radical (unpaired) electrons. The molecule has 1 aromatic heterocycles. The third kappa shape index (κ3) is 4.60. The van der Waals surface area contributed by atoms with Gasteiger partial charge in [0.1, 0.15) is 5.76 Å². The molecule has 0 aliphatic carbocycles. The minimum atomic E-state index is -0.851. The first-order valence-corrected chi connectivity index (χ1v) is 8.50. The first kappa shape index (κ1) is 14.5. The van der Waals surface area contributed by atoms with Crippen LogP contribution < -0.4 is 5.32 Å². The van der Waals surface area contributed by atoms with Crippen LogP contribution in [0, 0.1) is 0 Å². The van der Waals surface area contributed by atoms with Gasteiger partial charge in [0.15, 0.2) is 4.67 Å². The number of halogens is 1. The Kier molecular flexibility index (Phi) is 5.36. The Morgan fingerprint density at radius 3 is 2.58 bits per heavy atom. The summed E-state index contributed by atoms with van der Waals surface area (Å²) < 4.78 is 17.7. The van der Waals surface area contributed by atoms with Crippen LogP contribution >= 0.6 is 15.9 Å². The Bertz CT molecular complexity index is 541. The molecule has 2 aromatic rings. The van der Waals surface area contributed by atoms with Crippen LogP contribution in [0.3, 0.4) is 0 Å². The third-order valence-corrected chi connectivity index (χ3v) is 3.98. The van der Waals surface area contributed by atoms with E-state index in [0.717, 1.165) is 16.0 Å². The van der Waals surface area contributed by atoms with Crippen LogP contribution in [0.15, 0.2) is 51.6 Å². The molecular weight excluding hydrogens is 326 g/mol. The van der Waals surface area contributed by atoms with E-state index >= 15 is 0 Å². The molecule has 0 unspecified atom stereocenters. The highest BCUT2D eigenvalue weighted by Gasteiger charge is 2.13. The lowest BCUT2D eigenvalue weighted by Gasteiger charge is -2.17. The van der Waals surface area contributed by atoms with Crippen molar-refractivity contribution >= 4 is 26.7 Å². The Labute approximate surface area is 124 Å². The monoisotopic (exact) mass is 341 g/mol. The lowest BCUT2D eigenvalue weighted by atomic mass is 10.1. The largest absolute Gasteiger partial charge is 0.453 e. The van der Waals surface area contributed by atoms with E-state index in [1.165, 1.54) is 0 Å². The van der Waals surface area contributed by atoms with Crippen molar-refractivity contribution in [2.45, 2.75) is 12.6 Å². The zero-order valence-electron chi connectivity index (χ0n) is 10.6. The molecule has 0 fully saturated rings. The normalized spacial score (nSPS) is 14.2. The summed E-state index contributed by atoms with van der Waals surface area (Å²) in [4.78, 5) is 0. The van der Waals surface area contributed by atoms with E-state index < -0.39 is 10.8 Å². The molecule has 0 aliphatic heterocycles. The number of rotatable bonds is 6. The molecule has 0 saturated carbocycles. The standard InChI is InChI=1S/C14H16BrNO2S/c1-19(17)10-13(11-5-3-2-4-6-11)16-9-12-7-8-14(15)18-12/h2-8,13,16H,9-10H2,1H3/t13-,19-/m0/s1. The summed E-state index contributed by atoms with van der Waals surface area (Å²) in [5.74, 6) is 1.45. The van der Waals surface area contributed by atoms with Crippen molar-refractivity contribution in [2.75, 3.05) is 12.0 Å². The zero-order chi connectivity index (χ0) is 13.7. The van der Waals surface area contributed by atoms with Gasteiger partial charge in [0.05, 0.1) is 6.54 Å². The summed E-state index contributed by atoms with van der Waals surface area (Å²) in [7, 11) is -0.851. The van der Waals surface area contributed by atoms with Gasteiger partial charge in [-0.15, -0.1) is 0 Å². The molecular formula is C14H16BrNO2S. The van der Waals surface area contributed by atoms with Crippen molar-refractivity contribution in [1.29, 1.82) is 0 Å². The van der Waals surface area contributed by atoms with E-state index in [1.807, 2.05) is 42.5 Å². The fourth-order valence-electron chi connectivity index (χ4n) is 1.86. The van der Waals surface area contributed by atoms with Crippen molar-refractivity contribution < 1.29 is 8.63 Å². The second-order valence-corrected chi connectivity index (χ2v) is 6.55. The fraction of sp³-hybridized carbons (Fsp3) is 0.286. The van der Waals surface area contributed by atoms with Crippen LogP contribution in [0.4, 0.5) is 0 Å². The summed E-state index contributed by atoms with van der Waals surface area (Å²) in [6, 6.07) is 13.9. The maximum Gasteiger partial charge on any atom is 0.169 e. The molecule has 0 spiro atoms. The van der Waals surface area contributed by atoms with E-state index in [4.69, 9.17) is 4.42 Å². The molecule has 5 heteroatoms. The molecule has 3 nitrogen and oxygen atoms in total. The topological polar surface area (TPSA) is 42.2 Å². The van der Waals surface area contributed by atoms with E-state index in [1.54, 1.807) is 6.26 Å². The molecule has 0 saturated heterocycles. The quantitative estimate of drug-likeness (QED) is 0.876. The highest BCUT2D eigenvalue weighted by molar-refractivity contribution is 9.10. The molecule has 0 amide bonds. The molecule has 2 atom stereocenters. The molecule has 1 aromatic carbocycles. The van der Waals surface area contributed by atoms with Crippen LogP contribution in [0.1, 0.15) is 17.4 Å². The fourth-order valence-corrected chi connectivity index (χ4v) is 2.98. The molecule has 2 rings (SSSR count). The first-order chi connectivity index (χ1) is 9.15. The van der Waals surface area contributed by atoms with Crippen LogP contribution in [-0.4, -0.2) is 16.2 Å². The minimum absolute atomic E-state index is 0.0657. The van der Waals surface area contributed by atoms with Gasteiger partial charge in [-0.2, -0.15) is 0 Å².